The minimum atomic E-state index is 0.100. The van der Waals surface area contributed by atoms with E-state index in [9.17, 15) is 0 Å². The second-order valence-electron chi connectivity index (χ2n) is 6.63. The summed E-state index contributed by atoms with van der Waals surface area (Å²) in [6.07, 6.45) is 2.81. The van der Waals surface area contributed by atoms with E-state index in [-0.39, 0.29) is 6.10 Å². The zero-order valence-corrected chi connectivity index (χ0v) is 14.7. The van der Waals surface area contributed by atoms with Crippen molar-refractivity contribution in [3.8, 4) is 5.88 Å². The van der Waals surface area contributed by atoms with Crippen molar-refractivity contribution in [2.75, 3.05) is 13.6 Å². The lowest BCUT2D eigenvalue weighted by molar-refractivity contribution is 0.160. The van der Waals surface area contributed by atoms with E-state index in [1.165, 1.54) is 0 Å². The molecule has 0 bridgehead atoms. The van der Waals surface area contributed by atoms with Gasteiger partial charge in [-0.15, -0.1) is 0 Å². The highest BCUT2D eigenvalue weighted by Crippen LogP contribution is 2.28. The average molecular weight is 335 g/mol. The van der Waals surface area contributed by atoms with Crippen molar-refractivity contribution >= 4 is 11.0 Å². The molecular formula is C19H21N5O. The van der Waals surface area contributed by atoms with Gasteiger partial charge in [0.25, 0.3) is 0 Å². The number of benzene rings is 1. The molecule has 2 aromatic heterocycles. The van der Waals surface area contributed by atoms with E-state index < -0.39 is 0 Å². The van der Waals surface area contributed by atoms with Crippen LogP contribution in [-0.4, -0.2) is 44.5 Å². The molecule has 0 saturated heterocycles. The van der Waals surface area contributed by atoms with Gasteiger partial charge in [0, 0.05) is 30.8 Å². The maximum Gasteiger partial charge on any atom is 0.220 e. The van der Waals surface area contributed by atoms with E-state index in [4.69, 9.17) is 4.74 Å². The van der Waals surface area contributed by atoms with Crippen LogP contribution in [0, 0.1) is 13.8 Å². The van der Waals surface area contributed by atoms with Gasteiger partial charge in [0.05, 0.1) is 22.9 Å². The van der Waals surface area contributed by atoms with Gasteiger partial charge in [-0.25, -0.2) is 9.97 Å². The number of rotatable bonds is 4. The Kier molecular flexibility index (Phi) is 4.05. The number of ether oxygens (including phenoxy) is 1. The molecule has 1 aliphatic heterocycles. The molecule has 6 heteroatoms. The van der Waals surface area contributed by atoms with Crippen LogP contribution in [0.2, 0.25) is 0 Å². The monoisotopic (exact) mass is 335 g/mol. The summed E-state index contributed by atoms with van der Waals surface area (Å²) in [6.45, 7) is 5.46. The quantitative estimate of drug-likeness (QED) is 0.730. The fourth-order valence-electron chi connectivity index (χ4n) is 3.33. The molecular weight excluding hydrogens is 314 g/mol. The molecule has 0 fully saturated rings. The third kappa shape index (κ3) is 3.30. The molecule has 3 aromatic rings. The Hall–Kier alpha value is -2.60. The number of hydrogen-bond acceptors (Lipinski definition) is 6. The zero-order valence-electron chi connectivity index (χ0n) is 14.7. The fraction of sp³-hybridized carbons (Fsp3) is 0.368. The lowest BCUT2D eigenvalue weighted by atomic mass is 10.1. The molecule has 1 atom stereocenters. The Morgan fingerprint density at radius 1 is 1.12 bits per heavy atom. The normalized spacial score (nSPS) is 16.2. The predicted molar refractivity (Wildman–Crippen MR) is 95.5 cm³/mol. The van der Waals surface area contributed by atoms with Crippen LogP contribution in [0.15, 0.2) is 30.5 Å². The largest absolute Gasteiger partial charge is 0.472 e. The first kappa shape index (κ1) is 15.9. The van der Waals surface area contributed by atoms with Crippen LogP contribution >= 0.6 is 0 Å². The van der Waals surface area contributed by atoms with Gasteiger partial charge >= 0.3 is 0 Å². The van der Waals surface area contributed by atoms with Crippen molar-refractivity contribution in [1.29, 1.82) is 0 Å². The summed E-state index contributed by atoms with van der Waals surface area (Å²) in [7, 11) is 2.08. The first-order valence-corrected chi connectivity index (χ1v) is 8.48. The molecule has 0 amide bonds. The first-order chi connectivity index (χ1) is 12.1. The number of para-hydroxylation sites is 2. The second-order valence-corrected chi connectivity index (χ2v) is 6.63. The van der Waals surface area contributed by atoms with Gasteiger partial charge in [-0.05, 0) is 33.0 Å². The fourth-order valence-corrected chi connectivity index (χ4v) is 3.33. The van der Waals surface area contributed by atoms with Crippen LogP contribution in [0.1, 0.15) is 22.8 Å². The van der Waals surface area contributed by atoms with Crippen molar-refractivity contribution in [2.45, 2.75) is 32.9 Å². The molecule has 4 rings (SSSR count). The van der Waals surface area contributed by atoms with Crippen LogP contribution in [0.4, 0.5) is 0 Å². The van der Waals surface area contributed by atoms with E-state index in [1.807, 2.05) is 44.3 Å². The highest BCUT2D eigenvalue weighted by molar-refractivity contribution is 5.73. The molecule has 128 valence electrons. The Labute approximate surface area is 146 Å². The number of aromatic nitrogens is 4. The van der Waals surface area contributed by atoms with E-state index in [0.29, 0.717) is 0 Å². The summed E-state index contributed by atoms with van der Waals surface area (Å²) in [5.41, 5.74) is 4.97. The van der Waals surface area contributed by atoms with Gasteiger partial charge in [0.1, 0.15) is 11.9 Å². The summed E-state index contributed by atoms with van der Waals surface area (Å²) in [5, 5.41) is 0. The highest BCUT2D eigenvalue weighted by Gasteiger charge is 2.27. The molecule has 0 radical (unpaired) electrons. The van der Waals surface area contributed by atoms with Gasteiger partial charge < -0.3 is 4.74 Å². The molecule has 25 heavy (non-hydrogen) atoms. The van der Waals surface area contributed by atoms with Gasteiger partial charge in [0.2, 0.25) is 5.88 Å². The molecule has 1 aliphatic rings. The van der Waals surface area contributed by atoms with Crippen molar-refractivity contribution in [3.05, 3.63) is 53.2 Å². The number of fused-ring (bicyclic) bond motifs is 2. The Balaban J connectivity index is 1.42. The summed E-state index contributed by atoms with van der Waals surface area (Å²) >= 11 is 0. The third-order valence-corrected chi connectivity index (χ3v) is 4.44. The summed E-state index contributed by atoms with van der Waals surface area (Å²) in [5.74, 6) is 1.51. The van der Waals surface area contributed by atoms with E-state index in [1.54, 1.807) is 0 Å². The molecule has 0 unspecified atom stereocenters. The minimum absolute atomic E-state index is 0.100. The molecule has 3 heterocycles. The highest BCUT2D eigenvalue weighted by atomic mass is 16.5. The van der Waals surface area contributed by atoms with Gasteiger partial charge in [0.15, 0.2) is 0 Å². The lowest BCUT2D eigenvalue weighted by Crippen LogP contribution is -2.32. The van der Waals surface area contributed by atoms with E-state index >= 15 is 0 Å². The molecule has 0 aliphatic carbocycles. The summed E-state index contributed by atoms with van der Waals surface area (Å²) < 4.78 is 6.02. The van der Waals surface area contributed by atoms with Crippen molar-refractivity contribution in [3.63, 3.8) is 0 Å². The maximum absolute atomic E-state index is 6.02. The van der Waals surface area contributed by atoms with E-state index in [0.717, 1.165) is 59.2 Å². The predicted octanol–water partition coefficient (Wildman–Crippen LogP) is 2.47. The van der Waals surface area contributed by atoms with Crippen LogP contribution in [0.3, 0.4) is 0 Å². The van der Waals surface area contributed by atoms with Crippen LogP contribution in [0.25, 0.3) is 11.0 Å². The smallest absolute Gasteiger partial charge is 0.220 e. The Bertz CT molecular complexity index is 927. The SMILES string of the molecule is Cc1nc(C)c2c(n1)O[C@@H](CN(C)Cc1cnc3ccccc3n1)C2. The third-order valence-electron chi connectivity index (χ3n) is 4.44. The topological polar surface area (TPSA) is 64.0 Å². The minimum Gasteiger partial charge on any atom is -0.472 e. The number of aryl methyl sites for hydroxylation is 2. The van der Waals surface area contributed by atoms with Gasteiger partial charge in [-0.3, -0.25) is 9.88 Å². The second kappa shape index (κ2) is 6.37. The molecule has 1 aromatic carbocycles. The van der Waals surface area contributed by atoms with Crippen LogP contribution in [-0.2, 0) is 13.0 Å². The average Bonchev–Trinajstić information content (AvgIpc) is 2.97. The Morgan fingerprint density at radius 3 is 2.76 bits per heavy atom. The van der Waals surface area contributed by atoms with Crippen LogP contribution in [0.5, 0.6) is 5.88 Å². The summed E-state index contributed by atoms with van der Waals surface area (Å²) in [6, 6.07) is 7.93. The molecule has 0 spiro atoms. The standard InChI is InChI=1S/C19H21N5O/c1-12-16-8-15(25-19(16)22-13(2)21-12)11-24(3)10-14-9-20-17-6-4-5-7-18(17)23-14/h4-7,9,15H,8,10-11H2,1-3H3/t15-/m1/s1. The molecule has 0 saturated carbocycles. The van der Waals surface area contributed by atoms with Crippen molar-refractivity contribution in [1.82, 2.24) is 24.8 Å². The number of likely N-dealkylation sites (N-methyl/N-ethyl adjacent to an activating group) is 1. The number of nitrogens with zero attached hydrogens (tertiary/aromatic N) is 5. The lowest BCUT2D eigenvalue weighted by Gasteiger charge is -2.20. The van der Waals surface area contributed by atoms with Crippen LogP contribution < -0.4 is 4.74 Å². The van der Waals surface area contributed by atoms with E-state index in [2.05, 4.69) is 31.9 Å². The van der Waals surface area contributed by atoms with Gasteiger partial charge in [-0.2, -0.15) is 4.98 Å². The first-order valence-electron chi connectivity index (χ1n) is 8.48. The van der Waals surface area contributed by atoms with Crippen molar-refractivity contribution < 1.29 is 4.74 Å². The zero-order chi connectivity index (χ0) is 17.4. The molecule has 0 N–H and O–H groups in total. The maximum atomic E-state index is 6.02. The van der Waals surface area contributed by atoms with Crippen molar-refractivity contribution in [2.24, 2.45) is 0 Å². The molecule has 6 nitrogen and oxygen atoms in total. The number of hydrogen-bond donors (Lipinski definition) is 0. The summed E-state index contributed by atoms with van der Waals surface area (Å²) in [4.78, 5) is 20.2. The van der Waals surface area contributed by atoms with Gasteiger partial charge in [-0.1, -0.05) is 12.1 Å². The Morgan fingerprint density at radius 2 is 1.92 bits per heavy atom.